The van der Waals surface area contributed by atoms with Gasteiger partial charge in [0.25, 0.3) is 0 Å². The lowest BCUT2D eigenvalue weighted by Gasteiger charge is -2.24. The van der Waals surface area contributed by atoms with E-state index in [0.29, 0.717) is 6.54 Å². The first-order valence-electron chi connectivity index (χ1n) is 5.84. The summed E-state index contributed by atoms with van der Waals surface area (Å²) in [6, 6.07) is 4.42. The van der Waals surface area contributed by atoms with E-state index in [0.717, 1.165) is 0 Å². The van der Waals surface area contributed by atoms with Gasteiger partial charge in [0, 0.05) is 12.6 Å². The molecule has 16 heavy (non-hydrogen) atoms. The van der Waals surface area contributed by atoms with Gasteiger partial charge in [-0.25, -0.2) is 0 Å². The van der Waals surface area contributed by atoms with Gasteiger partial charge in [-0.15, -0.1) is 0 Å². The second-order valence-electron chi connectivity index (χ2n) is 5.62. The van der Waals surface area contributed by atoms with Crippen LogP contribution in [0.25, 0.3) is 0 Å². The standard InChI is InChI=1S/C14H24N2/c1-9-6-11(14(3,4)5)7-10(2)13(9)12(16)8-15/h6-7,12H,8,15-16H2,1-5H3. The predicted molar refractivity (Wildman–Crippen MR) is 70.6 cm³/mol. The fourth-order valence-corrected chi connectivity index (χ4v) is 2.11. The van der Waals surface area contributed by atoms with Crippen molar-refractivity contribution in [2.75, 3.05) is 6.54 Å². The fraction of sp³-hybridized carbons (Fsp3) is 0.571. The van der Waals surface area contributed by atoms with Crippen molar-refractivity contribution >= 4 is 0 Å². The summed E-state index contributed by atoms with van der Waals surface area (Å²) >= 11 is 0. The molecule has 90 valence electrons. The first-order chi connectivity index (χ1) is 7.27. The second kappa shape index (κ2) is 4.56. The molecule has 1 aromatic carbocycles. The van der Waals surface area contributed by atoms with E-state index in [4.69, 9.17) is 11.5 Å². The summed E-state index contributed by atoms with van der Waals surface area (Å²) in [5.41, 5.74) is 16.9. The van der Waals surface area contributed by atoms with Crippen LogP contribution < -0.4 is 11.5 Å². The molecule has 0 bridgehead atoms. The number of nitrogens with two attached hydrogens (primary N) is 2. The Morgan fingerprint density at radius 1 is 1.12 bits per heavy atom. The first-order valence-corrected chi connectivity index (χ1v) is 5.84. The minimum Gasteiger partial charge on any atom is -0.329 e. The van der Waals surface area contributed by atoms with E-state index in [9.17, 15) is 0 Å². The van der Waals surface area contributed by atoms with Gasteiger partial charge in [-0.2, -0.15) is 0 Å². The zero-order valence-electron chi connectivity index (χ0n) is 11.1. The number of benzene rings is 1. The van der Waals surface area contributed by atoms with Crippen LogP contribution in [0.4, 0.5) is 0 Å². The topological polar surface area (TPSA) is 52.0 Å². The van der Waals surface area contributed by atoms with Crippen molar-refractivity contribution in [3.05, 3.63) is 34.4 Å². The molecular formula is C14H24N2. The minimum absolute atomic E-state index is 0.0472. The Hall–Kier alpha value is -0.860. The monoisotopic (exact) mass is 220 g/mol. The third kappa shape index (κ3) is 2.63. The number of hydrogen-bond acceptors (Lipinski definition) is 2. The van der Waals surface area contributed by atoms with Gasteiger partial charge in [0.2, 0.25) is 0 Å². The average Bonchev–Trinajstić information content (AvgIpc) is 2.14. The zero-order chi connectivity index (χ0) is 12.5. The maximum atomic E-state index is 6.03. The van der Waals surface area contributed by atoms with Gasteiger partial charge < -0.3 is 11.5 Å². The van der Waals surface area contributed by atoms with Crippen LogP contribution in [0.1, 0.15) is 49.1 Å². The Labute approximate surface area is 99.0 Å². The maximum absolute atomic E-state index is 6.03. The van der Waals surface area contributed by atoms with Crippen LogP contribution in [-0.2, 0) is 5.41 Å². The SMILES string of the molecule is Cc1cc(C(C)(C)C)cc(C)c1C(N)CN. The highest BCUT2D eigenvalue weighted by molar-refractivity contribution is 5.42. The molecule has 1 aromatic rings. The molecule has 1 atom stereocenters. The maximum Gasteiger partial charge on any atom is 0.0424 e. The Bertz CT molecular complexity index is 352. The summed E-state index contributed by atoms with van der Waals surface area (Å²) in [5.74, 6) is 0. The smallest absolute Gasteiger partial charge is 0.0424 e. The van der Waals surface area contributed by atoms with Crippen molar-refractivity contribution in [1.29, 1.82) is 0 Å². The van der Waals surface area contributed by atoms with E-state index in [1.165, 1.54) is 22.3 Å². The molecule has 0 aliphatic rings. The van der Waals surface area contributed by atoms with Crippen LogP contribution >= 0.6 is 0 Å². The van der Waals surface area contributed by atoms with Crippen LogP contribution in [0.2, 0.25) is 0 Å². The van der Waals surface area contributed by atoms with Crippen molar-refractivity contribution in [3.63, 3.8) is 0 Å². The lowest BCUT2D eigenvalue weighted by atomic mass is 9.83. The minimum atomic E-state index is -0.0472. The molecule has 0 saturated heterocycles. The van der Waals surface area contributed by atoms with Gasteiger partial charge in [0.1, 0.15) is 0 Å². The van der Waals surface area contributed by atoms with E-state index in [1.54, 1.807) is 0 Å². The molecule has 1 rings (SSSR count). The van der Waals surface area contributed by atoms with Crippen LogP contribution in [0.5, 0.6) is 0 Å². The lowest BCUT2D eigenvalue weighted by Crippen LogP contribution is -2.23. The highest BCUT2D eigenvalue weighted by Crippen LogP contribution is 2.28. The Balaban J connectivity index is 3.28. The van der Waals surface area contributed by atoms with Crippen molar-refractivity contribution < 1.29 is 0 Å². The predicted octanol–water partition coefficient (Wildman–Crippen LogP) is 2.56. The molecular weight excluding hydrogens is 196 g/mol. The Kier molecular flexibility index (Phi) is 3.76. The summed E-state index contributed by atoms with van der Waals surface area (Å²) in [6.07, 6.45) is 0. The third-order valence-electron chi connectivity index (χ3n) is 3.08. The van der Waals surface area contributed by atoms with Crippen molar-refractivity contribution in [2.24, 2.45) is 11.5 Å². The molecule has 2 nitrogen and oxygen atoms in total. The van der Waals surface area contributed by atoms with Crippen molar-refractivity contribution in [1.82, 2.24) is 0 Å². The van der Waals surface area contributed by atoms with E-state index in [2.05, 4.69) is 46.8 Å². The third-order valence-corrected chi connectivity index (χ3v) is 3.08. The fourth-order valence-electron chi connectivity index (χ4n) is 2.11. The largest absolute Gasteiger partial charge is 0.329 e. The van der Waals surface area contributed by atoms with Crippen LogP contribution in [0.15, 0.2) is 12.1 Å². The number of rotatable bonds is 2. The second-order valence-corrected chi connectivity index (χ2v) is 5.62. The quantitative estimate of drug-likeness (QED) is 0.805. The summed E-state index contributed by atoms with van der Waals surface area (Å²) in [5, 5.41) is 0. The molecule has 0 aromatic heterocycles. The van der Waals surface area contributed by atoms with Gasteiger partial charge in [0.05, 0.1) is 0 Å². The molecule has 0 heterocycles. The molecule has 0 amide bonds. The average molecular weight is 220 g/mol. The van der Waals surface area contributed by atoms with Gasteiger partial charge in [-0.1, -0.05) is 32.9 Å². The lowest BCUT2D eigenvalue weighted by molar-refractivity contribution is 0.587. The van der Waals surface area contributed by atoms with Gasteiger partial charge in [0.15, 0.2) is 0 Å². The number of aryl methyl sites for hydroxylation is 2. The molecule has 1 unspecified atom stereocenters. The summed E-state index contributed by atoms with van der Waals surface area (Å²) in [6.45, 7) is 11.4. The van der Waals surface area contributed by atoms with E-state index < -0.39 is 0 Å². The van der Waals surface area contributed by atoms with Crippen molar-refractivity contribution in [3.8, 4) is 0 Å². The molecule has 0 aliphatic heterocycles. The van der Waals surface area contributed by atoms with Crippen LogP contribution in [0.3, 0.4) is 0 Å². The van der Waals surface area contributed by atoms with Gasteiger partial charge in [-0.3, -0.25) is 0 Å². The summed E-state index contributed by atoms with van der Waals surface area (Å²) < 4.78 is 0. The van der Waals surface area contributed by atoms with Crippen molar-refractivity contribution in [2.45, 2.75) is 46.1 Å². The van der Waals surface area contributed by atoms with Crippen LogP contribution in [0, 0.1) is 13.8 Å². The molecule has 2 heteroatoms. The molecule has 0 saturated carbocycles. The molecule has 4 N–H and O–H groups in total. The van der Waals surface area contributed by atoms with E-state index in [-0.39, 0.29) is 11.5 Å². The molecule has 0 aliphatic carbocycles. The zero-order valence-corrected chi connectivity index (χ0v) is 11.1. The highest BCUT2D eigenvalue weighted by atomic mass is 14.7. The Morgan fingerprint density at radius 2 is 1.56 bits per heavy atom. The van der Waals surface area contributed by atoms with Gasteiger partial charge >= 0.3 is 0 Å². The highest BCUT2D eigenvalue weighted by Gasteiger charge is 2.18. The molecule has 0 radical (unpaired) electrons. The summed E-state index contributed by atoms with van der Waals surface area (Å²) in [7, 11) is 0. The summed E-state index contributed by atoms with van der Waals surface area (Å²) in [4.78, 5) is 0. The van der Waals surface area contributed by atoms with Gasteiger partial charge in [-0.05, 0) is 41.5 Å². The number of hydrogen-bond donors (Lipinski definition) is 2. The van der Waals surface area contributed by atoms with E-state index >= 15 is 0 Å². The van der Waals surface area contributed by atoms with E-state index in [1.807, 2.05) is 0 Å². The normalized spacial score (nSPS) is 13.9. The first kappa shape index (κ1) is 13.2. The Morgan fingerprint density at radius 3 is 1.88 bits per heavy atom. The molecule has 0 spiro atoms. The molecule has 0 fully saturated rings. The van der Waals surface area contributed by atoms with Crippen LogP contribution in [-0.4, -0.2) is 6.54 Å².